The molecule has 2 rings (SSSR count). The number of benzene rings is 1. The van der Waals surface area contributed by atoms with E-state index in [9.17, 15) is 17.6 Å². The molecule has 0 atom stereocenters. The molecule has 0 unspecified atom stereocenters. The Bertz CT molecular complexity index is 581. The molecule has 0 saturated carbocycles. The number of pyridine rings is 1. The molecule has 1 heterocycles. The van der Waals surface area contributed by atoms with Gasteiger partial charge in [-0.3, -0.25) is 0 Å². The molecule has 0 amide bonds. The van der Waals surface area contributed by atoms with Crippen LogP contribution in [0.2, 0.25) is 0 Å². The van der Waals surface area contributed by atoms with Gasteiger partial charge in [-0.2, -0.15) is 13.2 Å². The van der Waals surface area contributed by atoms with Gasteiger partial charge in [0.05, 0.1) is 0 Å². The molecule has 1 aromatic carbocycles. The van der Waals surface area contributed by atoms with Gasteiger partial charge in [0.15, 0.2) is 0 Å². The topological polar surface area (TPSA) is 24.9 Å². The number of anilines is 1. The average Bonchev–Trinajstić information content (AvgIpc) is 2.40. The third-order valence-corrected chi connectivity index (χ3v) is 2.70. The smallest absolute Gasteiger partial charge is 0.370 e. The van der Waals surface area contributed by atoms with Crippen molar-refractivity contribution in [3.8, 4) is 0 Å². The predicted molar refractivity (Wildman–Crippen MR) is 67.8 cm³/mol. The van der Waals surface area contributed by atoms with E-state index in [4.69, 9.17) is 0 Å². The summed E-state index contributed by atoms with van der Waals surface area (Å²) in [6, 6.07) is 9.90. The van der Waals surface area contributed by atoms with E-state index in [2.05, 4.69) is 10.3 Å². The van der Waals surface area contributed by atoms with E-state index < -0.39 is 11.9 Å². The lowest BCUT2D eigenvalue weighted by atomic mass is 10.1. The van der Waals surface area contributed by atoms with Gasteiger partial charge < -0.3 is 5.32 Å². The molecule has 0 aliphatic heterocycles. The number of rotatable bonds is 4. The first-order valence-electron chi connectivity index (χ1n) is 5.98. The summed E-state index contributed by atoms with van der Waals surface area (Å²) >= 11 is 0. The molecule has 1 N–H and O–H groups in total. The zero-order chi connectivity index (χ0) is 14.6. The van der Waals surface area contributed by atoms with Crippen LogP contribution in [-0.2, 0) is 12.6 Å². The maximum atomic E-state index is 13.3. The summed E-state index contributed by atoms with van der Waals surface area (Å²) in [4.78, 5) is 3.47. The second-order valence-electron chi connectivity index (χ2n) is 4.17. The van der Waals surface area contributed by atoms with Crippen molar-refractivity contribution in [1.82, 2.24) is 4.98 Å². The van der Waals surface area contributed by atoms with Gasteiger partial charge in [-0.15, -0.1) is 0 Å². The van der Waals surface area contributed by atoms with Gasteiger partial charge in [0.25, 0.3) is 0 Å². The second-order valence-corrected chi connectivity index (χ2v) is 4.17. The number of alkyl halides is 3. The molecule has 20 heavy (non-hydrogen) atoms. The van der Waals surface area contributed by atoms with Crippen molar-refractivity contribution in [2.24, 2.45) is 0 Å². The maximum absolute atomic E-state index is 13.3. The molecule has 106 valence electrons. The Morgan fingerprint density at radius 3 is 2.45 bits per heavy atom. The Labute approximate surface area is 113 Å². The first-order chi connectivity index (χ1) is 9.47. The highest BCUT2D eigenvalue weighted by Crippen LogP contribution is 2.28. The highest BCUT2D eigenvalue weighted by Gasteiger charge is 2.32. The van der Waals surface area contributed by atoms with Crippen LogP contribution in [0.1, 0.15) is 11.3 Å². The molecule has 2 aromatic rings. The Hall–Kier alpha value is -2.11. The van der Waals surface area contributed by atoms with Crippen LogP contribution in [0.3, 0.4) is 0 Å². The Morgan fingerprint density at radius 1 is 1.00 bits per heavy atom. The number of hydrogen-bond donors (Lipinski definition) is 1. The third kappa shape index (κ3) is 3.69. The normalized spacial score (nSPS) is 11.4. The van der Waals surface area contributed by atoms with E-state index in [1.165, 1.54) is 18.2 Å². The molecular formula is C14H12F4N2. The minimum Gasteiger partial charge on any atom is -0.370 e. The number of nitrogens with zero attached hydrogens (tertiary/aromatic N) is 1. The van der Waals surface area contributed by atoms with E-state index >= 15 is 0 Å². The summed E-state index contributed by atoms with van der Waals surface area (Å²) in [5.74, 6) is -0.206. The lowest BCUT2D eigenvalue weighted by molar-refractivity contribution is -0.141. The van der Waals surface area contributed by atoms with Crippen LogP contribution in [0.25, 0.3) is 0 Å². The van der Waals surface area contributed by atoms with Crippen LogP contribution in [0, 0.1) is 5.82 Å². The molecule has 2 nitrogen and oxygen atoms in total. The summed E-state index contributed by atoms with van der Waals surface area (Å²) in [5.41, 5.74) is -0.444. The fourth-order valence-corrected chi connectivity index (χ4v) is 1.72. The minimum absolute atomic E-state index is 0.121. The number of halogens is 4. The summed E-state index contributed by atoms with van der Waals surface area (Å²) < 4.78 is 50.7. The van der Waals surface area contributed by atoms with Gasteiger partial charge in [0, 0.05) is 6.54 Å². The first kappa shape index (κ1) is 14.3. The molecule has 0 fully saturated rings. The van der Waals surface area contributed by atoms with E-state index in [1.807, 2.05) is 0 Å². The van der Waals surface area contributed by atoms with Crippen LogP contribution in [0.4, 0.5) is 23.4 Å². The van der Waals surface area contributed by atoms with Gasteiger partial charge in [-0.05, 0) is 30.2 Å². The maximum Gasteiger partial charge on any atom is 0.433 e. The van der Waals surface area contributed by atoms with Gasteiger partial charge in [0.1, 0.15) is 17.3 Å². The lowest BCUT2D eigenvalue weighted by Gasteiger charge is -2.09. The number of nitrogens with one attached hydrogen (secondary N) is 1. The Kier molecular flexibility index (Phi) is 4.22. The number of aromatic nitrogens is 1. The van der Waals surface area contributed by atoms with E-state index in [0.717, 1.165) is 6.07 Å². The van der Waals surface area contributed by atoms with Crippen LogP contribution in [0.15, 0.2) is 42.5 Å². The molecule has 6 heteroatoms. The van der Waals surface area contributed by atoms with Crippen LogP contribution in [0.5, 0.6) is 0 Å². The summed E-state index contributed by atoms with van der Waals surface area (Å²) in [6.45, 7) is 0.301. The monoisotopic (exact) mass is 284 g/mol. The van der Waals surface area contributed by atoms with Crippen molar-refractivity contribution in [3.05, 3.63) is 59.5 Å². The third-order valence-electron chi connectivity index (χ3n) is 2.70. The van der Waals surface area contributed by atoms with E-state index in [0.29, 0.717) is 18.5 Å². The first-order valence-corrected chi connectivity index (χ1v) is 5.98. The van der Waals surface area contributed by atoms with Crippen molar-refractivity contribution in [3.63, 3.8) is 0 Å². The van der Waals surface area contributed by atoms with Crippen molar-refractivity contribution >= 4 is 5.82 Å². The van der Waals surface area contributed by atoms with Crippen molar-refractivity contribution in [1.29, 1.82) is 0 Å². The van der Waals surface area contributed by atoms with Gasteiger partial charge in [-0.1, -0.05) is 24.3 Å². The van der Waals surface area contributed by atoms with Crippen molar-refractivity contribution in [2.75, 3.05) is 11.9 Å². The van der Waals surface area contributed by atoms with Gasteiger partial charge >= 0.3 is 6.18 Å². The molecule has 1 aromatic heterocycles. The van der Waals surface area contributed by atoms with Crippen molar-refractivity contribution < 1.29 is 17.6 Å². The van der Waals surface area contributed by atoms with Crippen LogP contribution < -0.4 is 5.32 Å². The standard InChI is InChI=1S/C14H12F4N2/c15-11-5-2-1-4-10(11)8-9-19-13-7-3-6-12(20-13)14(16,17)18/h1-7H,8-9H2,(H,19,20). The summed E-state index contributed by atoms with van der Waals surface area (Å²) in [7, 11) is 0. The zero-order valence-electron chi connectivity index (χ0n) is 10.4. The van der Waals surface area contributed by atoms with Gasteiger partial charge in [0.2, 0.25) is 0 Å². The Balaban J connectivity index is 1.97. The highest BCUT2D eigenvalue weighted by atomic mass is 19.4. The molecule has 0 saturated heterocycles. The highest BCUT2D eigenvalue weighted by molar-refractivity contribution is 5.36. The fraction of sp³-hybridized carbons (Fsp3) is 0.214. The second kappa shape index (κ2) is 5.90. The molecule has 0 bridgehead atoms. The molecular weight excluding hydrogens is 272 g/mol. The van der Waals surface area contributed by atoms with E-state index in [1.54, 1.807) is 18.2 Å². The summed E-state index contributed by atoms with van der Waals surface area (Å²) in [6.07, 6.45) is -4.10. The molecule has 0 radical (unpaired) electrons. The summed E-state index contributed by atoms with van der Waals surface area (Å²) in [5, 5.41) is 2.76. The lowest BCUT2D eigenvalue weighted by Crippen LogP contribution is -2.12. The Morgan fingerprint density at radius 2 is 1.75 bits per heavy atom. The predicted octanol–water partition coefficient (Wildman–Crippen LogP) is 3.89. The quantitative estimate of drug-likeness (QED) is 0.861. The van der Waals surface area contributed by atoms with Gasteiger partial charge in [-0.25, -0.2) is 9.37 Å². The molecule has 0 spiro atoms. The fourth-order valence-electron chi connectivity index (χ4n) is 1.72. The largest absolute Gasteiger partial charge is 0.433 e. The van der Waals surface area contributed by atoms with E-state index in [-0.39, 0.29) is 11.6 Å². The number of hydrogen-bond acceptors (Lipinski definition) is 2. The molecule has 0 aliphatic carbocycles. The molecule has 0 aliphatic rings. The minimum atomic E-state index is -4.47. The van der Waals surface area contributed by atoms with Crippen LogP contribution in [-0.4, -0.2) is 11.5 Å². The van der Waals surface area contributed by atoms with Crippen LogP contribution >= 0.6 is 0 Å². The average molecular weight is 284 g/mol. The zero-order valence-corrected chi connectivity index (χ0v) is 10.4. The SMILES string of the molecule is Fc1ccccc1CCNc1cccc(C(F)(F)F)n1. The van der Waals surface area contributed by atoms with Crippen molar-refractivity contribution in [2.45, 2.75) is 12.6 Å².